The number of nitrogens with zero attached hydrogens (tertiary/aromatic N) is 5. The number of hydrazone groups is 1. The number of amides is 1. The Labute approximate surface area is 167 Å². The minimum absolute atomic E-state index is 0.267. The van der Waals surface area contributed by atoms with Gasteiger partial charge in [-0.05, 0) is 34.0 Å². The Balaban J connectivity index is 1.75. The van der Waals surface area contributed by atoms with Crippen molar-refractivity contribution in [3.63, 3.8) is 0 Å². The standard InChI is InChI=1S/C22H19N5O2/c1-29-17-11-9-16(10-12-17)21-13-20(25-27(21)22(28)14-24-26-23)19-8-4-6-15-5-2-3-7-18(15)19/h2-12,21H,13-14H2,1H3. The van der Waals surface area contributed by atoms with Crippen molar-refractivity contribution in [2.24, 2.45) is 10.2 Å². The zero-order valence-corrected chi connectivity index (χ0v) is 15.9. The number of methoxy groups -OCH3 is 1. The van der Waals surface area contributed by atoms with E-state index in [0.29, 0.717) is 6.42 Å². The van der Waals surface area contributed by atoms with Crippen molar-refractivity contribution >= 4 is 22.4 Å². The van der Waals surface area contributed by atoms with Crippen molar-refractivity contribution in [1.82, 2.24) is 5.01 Å². The Bertz CT molecular complexity index is 1130. The van der Waals surface area contributed by atoms with Gasteiger partial charge >= 0.3 is 0 Å². The molecular formula is C22H19N5O2. The number of hydrogen-bond acceptors (Lipinski definition) is 4. The van der Waals surface area contributed by atoms with Crippen LogP contribution in [-0.2, 0) is 4.79 Å². The number of fused-ring (bicyclic) bond motifs is 1. The van der Waals surface area contributed by atoms with Gasteiger partial charge in [0.2, 0.25) is 5.91 Å². The van der Waals surface area contributed by atoms with Gasteiger partial charge in [-0.15, -0.1) is 0 Å². The van der Waals surface area contributed by atoms with Gasteiger partial charge < -0.3 is 4.74 Å². The lowest BCUT2D eigenvalue weighted by Crippen LogP contribution is -2.28. The van der Waals surface area contributed by atoms with Crippen molar-refractivity contribution < 1.29 is 9.53 Å². The number of ether oxygens (including phenoxy) is 1. The monoisotopic (exact) mass is 385 g/mol. The maximum Gasteiger partial charge on any atom is 0.249 e. The normalized spacial score (nSPS) is 15.7. The van der Waals surface area contributed by atoms with E-state index in [1.165, 1.54) is 5.01 Å². The second-order valence-electron chi connectivity index (χ2n) is 6.69. The fourth-order valence-electron chi connectivity index (χ4n) is 3.63. The van der Waals surface area contributed by atoms with E-state index in [1.54, 1.807) is 7.11 Å². The lowest BCUT2D eigenvalue weighted by Gasteiger charge is -2.21. The molecule has 3 aromatic carbocycles. The smallest absolute Gasteiger partial charge is 0.249 e. The van der Waals surface area contributed by atoms with Crippen LogP contribution in [0.5, 0.6) is 5.75 Å². The van der Waals surface area contributed by atoms with E-state index in [0.717, 1.165) is 33.4 Å². The van der Waals surface area contributed by atoms with E-state index in [4.69, 9.17) is 10.3 Å². The molecule has 1 aliphatic heterocycles. The van der Waals surface area contributed by atoms with Gasteiger partial charge in [-0.3, -0.25) is 4.79 Å². The molecule has 29 heavy (non-hydrogen) atoms. The molecule has 0 N–H and O–H groups in total. The molecular weight excluding hydrogens is 366 g/mol. The highest BCUT2D eigenvalue weighted by molar-refractivity contribution is 6.12. The van der Waals surface area contributed by atoms with Crippen LogP contribution in [0.3, 0.4) is 0 Å². The Hall–Kier alpha value is -3.83. The summed E-state index contributed by atoms with van der Waals surface area (Å²) in [6.45, 7) is -0.268. The van der Waals surface area contributed by atoms with E-state index in [1.807, 2.05) is 48.5 Å². The topological polar surface area (TPSA) is 90.7 Å². The molecule has 0 aromatic heterocycles. The maximum absolute atomic E-state index is 12.7. The Morgan fingerprint density at radius 3 is 2.69 bits per heavy atom. The van der Waals surface area contributed by atoms with Crippen LogP contribution in [0.2, 0.25) is 0 Å². The van der Waals surface area contributed by atoms with E-state index < -0.39 is 0 Å². The molecule has 1 atom stereocenters. The van der Waals surface area contributed by atoms with Gasteiger partial charge in [-0.25, -0.2) is 5.01 Å². The summed E-state index contributed by atoms with van der Waals surface area (Å²) in [4.78, 5) is 15.4. The molecule has 0 saturated heterocycles. The Morgan fingerprint density at radius 1 is 1.17 bits per heavy atom. The van der Waals surface area contributed by atoms with Gasteiger partial charge in [-0.2, -0.15) is 5.10 Å². The molecule has 7 heteroatoms. The molecule has 1 amide bonds. The minimum Gasteiger partial charge on any atom is -0.497 e. The highest BCUT2D eigenvalue weighted by Crippen LogP contribution is 2.35. The molecule has 4 rings (SSSR count). The van der Waals surface area contributed by atoms with Crippen molar-refractivity contribution in [2.45, 2.75) is 12.5 Å². The number of hydrogen-bond donors (Lipinski definition) is 0. The molecule has 0 spiro atoms. The maximum atomic E-state index is 12.7. The number of carbonyl (C=O) groups is 1. The summed E-state index contributed by atoms with van der Waals surface area (Å²) < 4.78 is 5.23. The summed E-state index contributed by atoms with van der Waals surface area (Å²) in [5.41, 5.74) is 11.4. The summed E-state index contributed by atoms with van der Waals surface area (Å²) in [6.07, 6.45) is 0.572. The molecule has 3 aromatic rings. The van der Waals surface area contributed by atoms with Crippen LogP contribution in [0, 0.1) is 0 Å². The van der Waals surface area contributed by atoms with Crippen molar-refractivity contribution in [3.05, 3.63) is 88.3 Å². The number of benzene rings is 3. The summed E-state index contributed by atoms with van der Waals surface area (Å²) in [7, 11) is 1.61. The zero-order valence-electron chi connectivity index (χ0n) is 15.9. The van der Waals surface area contributed by atoms with Crippen molar-refractivity contribution in [3.8, 4) is 5.75 Å². The number of carbonyl (C=O) groups excluding carboxylic acids is 1. The van der Waals surface area contributed by atoms with Crippen molar-refractivity contribution in [1.29, 1.82) is 0 Å². The quantitative estimate of drug-likeness (QED) is 0.357. The largest absolute Gasteiger partial charge is 0.497 e. The first-order valence-corrected chi connectivity index (χ1v) is 9.23. The predicted molar refractivity (Wildman–Crippen MR) is 112 cm³/mol. The molecule has 0 fully saturated rings. The molecule has 7 nitrogen and oxygen atoms in total. The molecule has 1 unspecified atom stereocenters. The van der Waals surface area contributed by atoms with Crippen LogP contribution >= 0.6 is 0 Å². The zero-order chi connectivity index (χ0) is 20.2. The van der Waals surface area contributed by atoms with Gasteiger partial charge in [0.15, 0.2) is 0 Å². The first kappa shape index (κ1) is 18.5. The highest BCUT2D eigenvalue weighted by atomic mass is 16.5. The fourth-order valence-corrected chi connectivity index (χ4v) is 3.63. The molecule has 0 radical (unpaired) electrons. The molecule has 144 valence electrons. The van der Waals surface area contributed by atoms with E-state index in [-0.39, 0.29) is 18.5 Å². The van der Waals surface area contributed by atoms with Crippen LogP contribution in [-0.4, -0.2) is 30.3 Å². The summed E-state index contributed by atoms with van der Waals surface area (Å²) in [5, 5.41) is 11.7. The molecule has 1 heterocycles. The average Bonchev–Trinajstić information content (AvgIpc) is 3.22. The third-order valence-corrected chi connectivity index (χ3v) is 5.04. The van der Waals surface area contributed by atoms with E-state index in [2.05, 4.69) is 33.3 Å². The second kappa shape index (κ2) is 8.04. The second-order valence-corrected chi connectivity index (χ2v) is 6.69. The third-order valence-electron chi connectivity index (χ3n) is 5.04. The van der Waals surface area contributed by atoms with Gasteiger partial charge in [0.05, 0.1) is 18.9 Å². The first-order valence-electron chi connectivity index (χ1n) is 9.23. The van der Waals surface area contributed by atoms with Crippen LogP contribution in [0.4, 0.5) is 0 Å². The SMILES string of the molecule is COc1ccc(C2CC(c3cccc4ccccc34)=NN2C(=O)CN=[N+]=[N-])cc1. The van der Waals surface area contributed by atoms with E-state index in [9.17, 15) is 4.79 Å². The lowest BCUT2D eigenvalue weighted by atomic mass is 9.95. The minimum atomic E-state index is -0.334. The Kier molecular flexibility index (Phi) is 5.14. The van der Waals surface area contributed by atoms with E-state index >= 15 is 0 Å². The lowest BCUT2D eigenvalue weighted by molar-refractivity contribution is -0.131. The van der Waals surface area contributed by atoms with Crippen LogP contribution in [0.1, 0.15) is 23.6 Å². The summed E-state index contributed by atoms with van der Waals surface area (Å²) >= 11 is 0. The molecule has 0 aliphatic carbocycles. The van der Waals surface area contributed by atoms with Crippen LogP contribution in [0.25, 0.3) is 21.2 Å². The van der Waals surface area contributed by atoms with Gasteiger partial charge in [0, 0.05) is 16.9 Å². The molecule has 0 saturated carbocycles. The number of rotatable bonds is 5. The Morgan fingerprint density at radius 2 is 1.93 bits per heavy atom. The van der Waals surface area contributed by atoms with Gasteiger partial charge in [0.1, 0.15) is 12.3 Å². The third kappa shape index (κ3) is 3.63. The summed E-state index contributed by atoms with van der Waals surface area (Å²) in [5.74, 6) is 0.410. The summed E-state index contributed by atoms with van der Waals surface area (Å²) in [6, 6.07) is 21.5. The highest BCUT2D eigenvalue weighted by Gasteiger charge is 2.33. The molecule has 1 aliphatic rings. The number of azide groups is 1. The van der Waals surface area contributed by atoms with Crippen LogP contribution < -0.4 is 4.74 Å². The molecule has 0 bridgehead atoms. The fraction of sp³-hybridized carbons (Fsp3) is 0.182. The van der Waals surface area contributed by atoms with Gasteiger partial charge in [0.25, 0.3) is 0 Å². The average molecular weight is 385 g/mol. The first-order chi connectivity index (χ1) is 14.2. The van der Waals surface area contributed by atoms with Crippen LogP contribution in [0.15, 0.2) is 76.9 Å². The predicted octanol–water partition coefficient (Wildman–Crippen LogP) is 4.84. The van der Waals surface area contributed by atoms with Crippen molar-refractivity contribution in [2.75, 3.05) is 13.7 Å². The van der Waals surface area contributed by atoms with Gasteiger partial charge in [-0.1, -0.05) is 59.7 Å².